The summed E-state index contributed by atoms with van der Waals surface area (Å²) in [5.41, 5.74) is 4.65. The molecule has 1 aromatic carbocycles. The van der Waals surface area contributed by atoms with E-state index in [0.29, 0.717) is 31.0 Å². The van der Waals surface area contributed by atoms with Crippen LogP contribution in [0.5, 0.6) is 5.75 Å². The molecule has 2 aromatic heterocycles. The number of ether oxygens (including phenoxy) is 1. The first-order valence-corrected chi connectivity index (χ1v) is 11.8. The number of aromatic nitrogens is 3. The van der Waals surface area contributed by atoms with Gasteiger partial charge in [0.25, 0.3) is 0 Å². The van der Waals surface area contributed by atoms with Gasteiger partial charge >= 0.3 is 0 Å². The molecule has 7 nitrogen and oxygen atoms in total. The largest absolute Gasteiger partial charge is 0.494 e. The van der Waals surface area contributed by atoms with E-state index in [4.69, 9.17) is 14.2 Å². The van der Waals surface area contributed by atoms with Crippen LogP contribution in [0.15, 0.2) is 35.0 Å². The highest BCUT2D eigenvalue weighted by Gasteiger charge is 2.32. The first kappa shape index (κ1) is 23.0. The molecule has 1 saturated heterocycles. The van der Waals surface area contributed by atoms with Crippen molar-refractivity contribution >= 4 is 5.91 Å². The van der Waals surface area contributed by atoms with E-state index in [2.05, 4.69) is 10.1 Å². The zero-order valence-electron chi connectivity index (χ0n) is 19.9. The molecule has 0 unspecified atom stereocenters. The number of piperidine rings is 1. The van der Waals surface area contributed by atoms with Gasteiger partial charge in [-0.3, -0.25) is 4.79 Å². The number of carbonyl (C=O) groups is 1. The fourth-order valence-electron chi connectivity index (χ4n) is 4.41. The van der Waals surface area contributed by atoms with E-state index in [1.165, 1.54) is 0 Å². The van der Waals surface area contributed by atoms with Crippen molar-refractivity contribution < 1.29 is 14.1 Å². The Balaban J connectivity index is 1.55. The molecule has 3 heterocycles. The highest BCUT2D eigenvalue weighted by atomic mass is 16.5. The molecule has 0 radical (unpaired) electrons. The third-order valence-corrected chi connectivity index (χ3v) is 6.34. The van der Waals surface area contributed by atoms with Crippen molar-refractivity contribution in [3.05, 3.63) is 58.8 Å². The fraction of sp³-hybridized carbons (Fsp3) is 0.462. The van der Waals surface area contributed by atoms with Gasteiger partial charge in [-0.2, -0.15) is 0 Å². The Morgan fingerprint density at radius 2 is 1.97 bits per heavy atom. The maximum Gasteiger partial charge on any atom is 0.223 e. The number of hydrogen-bond acceptors (Lipinski definition) is 6. The average Bonchev–Trinajstić information content (AvgIpc) is 3.16. The van der Waals surface area contributed by atoms with E-state index >= 15 is 0 Å². The van der Waals surface area contributed by atoms with Crippen LogP contribution in [0.4, 0.5) is 0 Å². The normalized spacial score (nSPS) is 16.1. The highest BCUT2D eigenvalue weighted by Crippen LogP contribution is 2.37. The van der Waals surface area contributed by atoms with Crippen LogP contribution in [0, 0.1) is 20.8 Å². The summed E-state index contributed by atoms with van der Waals surface area (Å²) in [6, 6.07) is 7.91. The number of likely N-dealkylation sites (tertiary alicyclic amines) is 1. The zero-order valence-corrected chi connectivity index (χ0v) is 19.9. The second-order valence-electron chi connectivity index (χ2n) is 8.61. The lowest BCUT2D eigenvalue weighted by Crippen LogP contribution is -2.39. The van der Waals surface area contributed by atoms with E-state index in [-0.39, 0.29) is 11.9 Å². The Morgan fingerprint density at radius 3 is 2.67 bits per heavy atom. The van der Waals surface area contributed by atoms with Crippen LogP contribution in [0.1, 0.15) is 67.0 Å². The lowest BCUT2D eigenvalue weighted by atomic mass is 9.94. The molecule has 1 amide bonds. The SMILES string of the molecule is CCOc1ccc(CCC(=O)N2CCCC[C@@H]2c2nc(C)ncc2-c2onc(C)c2C)cc1. The van der Waals surface area contributed by atoms with Crippen molar-refractivity contribution in [1.29, 1.82) is 0 Å². The van der Waals surface area contributed by atoms with Crippen molar-refractivity contribution in [2.24, 2.45) is 0 Å². The summed E-state index contributed by atoms with van der Waals surface area (Å²) in [6.45, 7) is 9.15. The number of hydrogen-bond donors (Lipinski definition) is 0. The molecule has 33 heavy (non-hydrogen) atoms. The lowest BCUT2D eigenvalue weighted by molar-refractivity contribution is -0.135. The first-order valence-electron chi connectivity index (χ1n) is 11.8. The topological polar surface area (TPSA) is 81.4 Å². The van der Waals surface area contributed by atoms with Gasteiger partial charge in [0.1, 0.15) is 11.6 Å². The summed E-state index contributed by atoms with van der Waals surface area (Å²) in [6.07, 6.45) is 5.91. The number of amides is 1. The Bertz CT molecular complexity index is 1110. The van der Waals surface area contributed by atoms with Crippen molar-refractivity contribution in [2.45, 2.75) is 65.8 Å². The molecule has 0 aliphatic carbocycles. The van der Waals surface area contributed by atoms with Crippen LogP contribution >= 0.6 is 0 Å². The molecule has 4 rings (SSSR count). The van der Waals surface area contributed by atoms with Crippen LogP contribution in [0.25, 0.3) is 11.3 Å². The fourth-order valence-corrected chi connectivity index (χ4v) is 4.41. The second-order valence-corrected chi connectivity index (χ2v) is 8.61. The molecule has 0 N–H and O–H groups in total. The minimum absolute atomic E-state index is 0.0897. The molecule has 1 aliphatic heterocycles. The first-order chi connectivity index (χ1) is 16.0. The summed E-state index contributed by atoms with van der Waals surface area (Å²) in [4.78, 5) is 24.6. The minimum atomic E-state index is -0.0897. The molecule has 174 valence electrons. The molecular formula is C26H32N4O3. The zero-order chi connectivity index (χ0) is 23.4. The molecule has 0 bridgehead atoms. The maximum absolute atomic E-state index is 13.4. The van der Waals surface area contributed by atoms with E-state index in [0.717, 1.165) is 59.6 Å². The monoisotopic (exact) mass is 448 g/mol. The smallest absolute Gasteiger partial charge is 0.223 e. The Hall–Kier alpha value is -3.22. The van der Waals surface area contributed by atoms with E-state index in [1.54, 1.807) is 0 Å². The number of rotatable bonds is 7. The van der Waals surface area contributed by atoms with Crippen molar-refractivity contribution in [3.63, 3.8) is 0 Å². The summed E-state index contributed by atoms with van der Waals surface area (Å²) in [5, 5.41) is 4.12. The van der Waals surface area contributed by atoms with Gasteiger partial charge in [-0.1, -0.05) is 17.3 Å². The maximum atomic E-state index is 13.4. The number of carbonyl (C=O) groups excluding carboxylic acids is 1. The predicted molar refractivity (Wildman–Crippen MR) is 126 cm³/mol. The van der Waals surface area contributed by atoms with Gasteiger partial charge in [0, 0.05) is 24.7 Å². The van der Waals surface area contributed by atoms with E-state index in [1.807, 2.05) is 63.1 Å². The third kappa shape index (κ3) is 5.07. The quantitative estimate of drug-likeness (QED) is 0.498. The summed E-state index contributed by atoms with van der Waals surface area (Å²) in [5.74, 6) is 2.39. The Labute approximate surface area is 195 Å². The molecule has 1 aliphatic rings. The second kappa shape index (κ2) is 10.1. The highest BCUT2D eigenvalue weighted by molar-refractivity contribution is 5.77. The third-order valence-electron chi connectivity index (χ3n) is 6.34. The number of aryl methyl sites for hydroxylation is 3. The molecular weight excluding hydrogens is 416 g/mol. The minimum Gasteiger partial charge on any atom is -0.494 e. The van der Waals surface area contributed by atoms with Gasteiger partial charge in [-0.05, 0) is 71.1 Å². The number of nitrogens with zero attached hydrogens (tertiary/aromatic N) is 4. The molecule has 3 aromatic rings. The molecule has 1 atom stereocenters. The average molecular weight is 449 g/mol. The van der Waals surface area contributed by atoms with E-state index in [9.17, 15) is 4.79 Å². The van der Waals surface area contributed by atoms with Crippen LogP contribution in [0.3, 0.4) is 0 Å². The Kier molecular flexibility index (Phi) is 7.06. The summed E-state index contributed by atoms with van der Waals surface area (Å²) >= 11 is 0. The van der Waals surface area contributed by atoms with Crippen LogP contribution < -0.4 is 4.74 Å². The standard InChI is InChI=1S/C26H32N4O3/c1-5-32-21-12-9-20(10-13-21)11-14-24(31)30-15-7-6-8-23(30)25-22(16-27-19(4)28-25)26-17(2)18(3)29-33-26/h9-10,12-13,16,23H,5-8,11,14-15H2,1-4H3/t23-/m1/s1. The van der Waals surface area contributed by atoms with Crippen LogP contribution in [-0.2, 0) is 11.2 Å². The predicted octanol–water partition coefficient (Wildman–Crippen LogP) is 5.14. The van der Waals surface area contributed by atoms with Gasteiger partial charge in [0.15, 0.2) is 5.76 Å². The van der Waals surface area contributed by atoms with Gasteiger partial charge in [-0.15, -0.1) is 0 Å². The van der Waals surface area contributed by atoms with Gasteiger partial charge in [-0.25, -0.2) is 9.97 Å². The molecule has 1 fully saturated rings. The summed E-state index contributed by atoms with van der Waals surface area (Å²) < 4.78 is 11.1. The van der Waals surface area contributed by atoms with Crippen LogP contribution in [-0.4, -0.2) is 39.1 Å². The van der Waals surface area contributed by atoms with Gasteiger partial charge in [0.2, 0.25) is 5.91 Å². The van der Waals surface area contributed by atoms with Crippen molar-refractivity contribution in [1.82, 2.24) is 20.0 Å². The van der Waals surface area contributed by atoms with Crippen LogP contribution in [0.2, 0.25) is 0 Å². The van der Waals surface area contributed by atoms with E-state index < -0.39 is 0 Å². The Morgan fingerprint density at radius 1 is 1.18 bits per heavy atom. The molecule has 0 spiro atoms. The number of benzene rings is 1. The summed E-state index contributed by atoms with van der Waals surface area (Å²) in [7, 11) is 0. The van der Waals surface area contributed by atoms with Gasteiger partial charge in [0.05, 0.1) is 29.6 Å². The molecule has 0 saturated carbocycles. The molecule has 7 heteroatoms. The van der Waals surface area contributed by atoms with Crippen molar-refractivity contribution in [2.75, 3.05) is 13.2 Å². The lowest BCUT2D eigenvalue weighted by Gasteiger charge is -2.36. The van der Waals surface area contributed by atoms with Gasteiger partial charge < -0.3 is 14.2 Å². The van der Waals surface area contributed by atoms with Crippen molar-refractivity contribution in [3.8, 4) is 17.1 Å².